The van der Waals surface area contributed by atoms with E-state index in [2.05, 4.69) is 21.6 Å². The zero-order valence-electron chi connectivity index (χ0n) is 48.6. The maximum absolute atomic E-state index is 13.7. The number of nitrogens with one attached hydrogen (secondary N) is 4. The van der Waals surface area contributed by atoms with E-state index >= 15 is 0 Å². The van der Waals surface area contributed by atoms with Crippen molar-refractivity contribution in [3.05, 3.63) is 11.9 Å². The summed E-state index contributed by atoms with van der Waals surface area (Å²) in [4.78, 5) is 27.4. The first-order valence-electron chi connectivity index (χ1n) is 26.3. The molecule has 0 saturated carbocycles. The summed E-state index contributed by atoms with van der Waals surface area (Å²) in [5.74, 6) is -1.21. The molecule has 6 rings (SSSR count). The molecule has 29 nitrogen and oxygen atoms in total. The fourth-order valence-corrected chi connectivity index (χ4v) is 11.4. The lowest BCUT2D eigenvalue weighted by molar-refractivity contribution is -0.376. The van der Waals surface area contributed by atoms with Crippen LogP contribution in [0.1, 0.15) is 20.8 Å². The highest BCUT2D eigenvalue weighted by molar-refractivity contribution is 5.95. The Hall–Kier alpha value is -2.64. The molecule has 0 aromatic carbocycles. The van der Waals surface area contributed by atoms with E-state index in [1.165, 1.54) is 77.3 Å². The van der Waals surface area contributed by atoms with Crippen LogP contribution < -0.4 is 21.6 Å². The van der Waals surface area contributed by atoms with Gasteiger partial charge >= 0.3 is 0 Å². The molecule has 2 amide bonds. The molecule has 6 aliphatic rings. The minimum absolute atomic E-state index is 0.0104. The number of ether oxygens (including phenoxy) is 22. The molecule has 5 saturated heterocycles. The predicted octanol–water partition coefficient (Wildman–Crippen LogP) is -2.05. The van der Waals surface area contributed by atoms with E-state index in [0.717, 1.165) is 0 Å². The molecule has 0 bridgehead atoms. The number of amides is 2. The van der Waals surface area contributed by atoms with E-state index in [1.807, 2.05) is 20.8 Å². The minimum Gasteiger partial charge on any atom is -0.382 e. The van der Waals surface area contributed by atoms with Gasteiger partial charge < -0.3 is 115 Å². The maximum atomic E-state index is 13.7. The van der Waals surface area contributed by atoms with Crippen molar-refractivity contribution in [1.29, 1.82) is 0 Å². The van der Waals surface area contributed by atoms with Crippen LogP contribution in [0.15, 0.2) is 11.9 Å². The Labute approximate surface area is 463 Å². The van der Waals surface area contributed by atoms with Crippen molar-refractivity contribution in [2.24, 2.45) is 5.92 Å². The number of rotatable bonds is 28. The van der Waals surface area contributed by atoms with Crippen LogP contribution in [0.3, 0.4) is 0 Å². The van der Waals surface area contributed by atoms with Gasteiger partial charge in [0, 0.05) is 112 Å². The quantitative estimate of drug-likeness (QED) is 0.0656. The third-order valence-electron chi connectivity index (χ3n) is 15.5. The van der Waals surface area contributed by atoms with Crippen LogP contribution in [0.2, 0.25) is 0 Å². The number of nitrogens with zero attached hydrogens (tertiary/aromatic N) is 1. The smallest absolute Gasteiger partial charge is 0.270 e. The van der Waals surface area contributed by atoms with Gasteiger partial charge in [-0.25, -0.2) is 0 Å². The van der Waals surface area contributed by atoms with Crippen LogP contribution in [0.25, 0.3) is 0 Å². The van der Waals surface area contributed by atoms with Gasteiger partial charge in [-0.15, -0.1) is 5.53 Å². The molecule has 0 aromatic heterocycles. The highest BCUT2D eigenvalue weighted by atomic mass is 16.8. The van der Waals surface area contributed by atoms with Crippen molar-refractivity contribution in [2.45, 2.75) is 168 Å². The van der Waals surface area contributed by atoms with Gasteiger partial charge in [0.25, 0.3) is 5.91 Å². The molecular formula is C50H89N5O24. The summed E-state index contributed by atoms with van der Waals surface area (Å²) in [6, 6.07) is -0.584. The van der Waals surface area contributed by atoms with Gasteiger partial charge in [-0.05, 0) is 13.8 Å². The first-order chi connectivity index (χ1) is 38.1. The third kappa shape index (κ3) is 14.7. The highest BCUT2D eigenvalue weighted by Crippen LogP contribution is 2.38. The van der Waals surface area contributed by atoms with Gasteiger partial charge in [0.05, 0.1) is 44.7 Å². The monoisotopic (exact) mass is 1140 g/mol. The maximum Gasteiger partial charge on any atom is 0.270 e. The van der Waals surface area contributed by atoms with Crippen LogP contribution in [-0.2, 0) is 114 Å². The Bertz CT molecular complexity index is 1870. The van der Waals surface area contributed by atoms with E-state index in [1.54, 1.807) is 33.4 Å². The van der Waals surface area contributed by atoms with Crippen molar-refractivity contribution in [3.8, 4) is 0 Å². The van der Waals surface area contributed by atoms with Crippen molar-refractivity contribution >= 4 is 11.8 Å². The third-order valence-corrected chi connectivity index (χ3v) is 15.5. The summed E-state index contributed by atoms with van der Waals surface area (Å²) in [6.45, 7) is 5.56. The second-order valence-corrected chi connectivity index (χ2v) is 19.8. The van der Waals surface area contributed by atoms with Crippen LogP contribution in [-0.4, -0.2) is 290 Å². The van der Waals surface area contributed by atoms with E-state index in [-0.39, 0.29) is 43.6 Å². The molecule has 0 aromatic rings. The molecule has 6 heterocycles. The van der Waals surface area contributed by atoms with Gasteiger partial charge in [-0.3, -0.25) is 20.0 Å². The standard InChI is InChI=1S/C50H89N5O24/c1-23-24(2)72-48(41(67-13)32(23)61-7)77-35-29(22-60-6)76-50(44(70-16)39(35)65-11)79-33-27(20-58-4)74-46(40(66-12)37(33)63-9)52-30(56)18-51-45(57)26-19-55(54-53-26)31-25(3)73-49(42(68-14)36(31)62-8)78-34-28(21-59-5)75-47(71-17)43(69-15)38(34)64-10/h19,23-25,27-29,31-44,46-50,53-54H,18,20-22H2,1-17H3,(H,51,57)(H,52,56)/t23-,24?,25?,27?,28?,29?,31-,32-,33-,34-,35-,36-,37-,38-,39-,40?,41?,42?,43?,44?,46?,47+,48-,49-,50-/m0/s1. The number of hydrogen-bond donors (Lipinski definition) is 4. The predicted molar refractivity (Wildman–Crippen MR) is 270 cm³/mol. The Morgan fingerprint density at radius 2 is 0.873 bits per heavy atom. The lowest BCUT2D eigenvalue weighted by Gasteiger charge is -2.51. The Morgan fingerprint density at radius 3 is 1.34 bits per heavy atom. The van der Waals surface area contributed by atoms with Crippen molar-refractivity contribution in [2.75, 3.05) is 126 Å². The molecule has 0 spiro atoms. The molecule has 458 valence electrons. The van der Waals surface area contributed by atoms with Crippen LogP contribution >= 0.6 is 0 Å². The zero-order valence-corrected chi connectivity index (χ0v) is 48.6. The van der Waals surface area contributed by atoms with Crippen molar-refractivity contribution in [3.63, 3.8) is 0 Å². The van der Waals surface area contributed by atoms with Crippen LogP contribution in [0.5, 0.6) is 0 Å². The molecule has 79 heavy (non-hydrogen) atoms. The normalized spacial score (nSPS) is 41.9. The molecule has 0 radical (unpaired) electrons. The van der Waals surface area contributed by atoms with E-state index in [0.29, 0.717) is 0 Å². The van der Waals surface area contributed by atoms with Gasteiger partial charge in [-0.2, -0.15) is 0 Å². The minimum atomic E-state index is -1.11. The molecule has 11 unspecified atom stereocenters. The van der Waals surface area contributed by atoms with E-state index in [9.17, 15) is 9.59 Å². The average Bonchev–Trinajstić information content (AvgIpc) is 4.05. The Kier molecular flexibility index (Phi) is 26.0. The average molecular weight is 1140 g/mol. The summed E-state index contributed by atoms with van der Waals surface area (Å²) in [5.41, 5.74) is 5.95. The first kappa shape index (κ1) is 65.5. The second kappa shape index (κ2) is 31.3. The van der Waals surface area contributed by atoms with Crippen molar-refractivity contribution in [1.82, 2.24) is 26.6 Å². The highest BCUT2D eigenvalue weighted by Gasteiger charge is 2.57. The summed E-state index contributed by atoms with van der Waals surface area (Å²) in [7, 11) is 21.4. The Balaban J connectivity index is 1.09. The van der Waals surface area contributed by atoms with Crippen molar-refractivity contribution < 1.29 is 114 Å². The lowest BCUT2D eigenvalue weighted by atomic mass is 9.91. The Morgan fingerprint density at radius 1 is 0.468 bits per heavy atom. The summed E-state index contributed by atoms with van der Waals surface area (Å²) in [5, 5.41) is 7.11. The lowest BCUT2D eigenvalue weighted by Crippen LogP contribution is -2.68. The molecule has 4 N–H and O–H groups in total. The van der Waals surface area contributed by atoms with Gasteiger partial charge in [0.15, 0.2) is 31.4 Å². The number of hydrazine groups is 2. The van der Waals surface area contributed by atoms with E-state index in [4.69, 9.17) is 104 Å². The SMILES string of the molecule is COCC1OC(NC(=O)CNC(=O)C2=CN([C@H]3C(C)O[C@@H](O[C@H]4C(COC)O[C@@H](OC)C(OC)[C@H]4OC)C(OC)[C@H]3OC)NN2)C(OC)[C@@H](OC)[C@H]1O[C@@H]1OC(COC)[C@H](O[C@@H]2OC(C)[C@H](C)[C@H](OC)C2OC)[C@H](OC)C1OC. The number of carbonyl (C=O) groups excluding carboxylic acids is 2. The largest absolute Gasteiger partial charge is 0.382 e. The number of methoxy groups -OCH3 is 14. The summed E-state index contributed by atoms with van der Waals surface area (Å²) < 4.78 is 134. The van der Waals surface area contributed by atoms with E-state index < -0.39 is 153 Å². The fourth-order valence-electron chi connectivity index (χ4n) is 11.4. The molecule has 6 aliphatic heterocycles. The second-order valence-electron chi connectivity index (χ2n) is 19.8. The molecule has 5 fully saturated rings. The van der Waals surface area contributed by atoms with Crippen LogP contribution in [0.4, 0.5) is 0 Å². The molecule has 25 atom stereocenters. The number of hydrogen-bond acceptors (Lipinski definition) is 27. The zero-order chi connectivity index (χ0) is 57.7. The van der Waals surface area contributed by atoms with Gasteiger partial charge in [0.2, 0.25) is 5.91 Å². The van der Waals surface area contributed by atoms with Crippen LogP contribution in [0, 0.1) is 5.92 Å². The fraction of sp³-hybridized carbons (Fsp3) is 0.920. The number of carbonyl (C=O) groups is 2. The topological polar surface area (TPSA) is 289 Å². The van der Waals surface area contributed by atoms with Gasteiger partial charge in [0.1, 0.15) is 103 Å². The van der Waals surface area contributed by atoms with Gasteiger partial charge in [-0.1, -0.05) is 6.92 Å². The molecular weight excluding hydrogens is 1050 g/mol. The molecule has 0 aliphatic carbocycles. The first-order valence-corrected chi connectivity index (χ1v) is 26.3. The summed E-state index contributed by atoms with van der Waals surface area (Å²) in [6.07, 6.45) is -16.1. The summed E-state index contributed by atoms with van der Waals surface area (Å²) >= 11 is 0. The molecule has 29 heteroatoms.